The predicted octanol–water partition coefficient (Wildman–Crippen LogP) is 0.349. The van der Waals surface area contributed by atoms with Crippen molar-refractivity contribution in [2.45, 2.75) is 25.5 Å². The zero-order chi connectivity index (χ0) is 19.0. The fourth-order valence-corrected chi connectivity index (χ4v) is 1.85. The smallest absolute Gasteiger partial charge is 0.323 e. The van der Waals surface area contributed by atoms with E-state index in [4.69, 9.17) is 21.9 Å². The first-order chi connectivity index (χ1) is 11.7. The van der Waals surface area contributed by atoms with Crippen molar-refractivity contribution < 1.29 is 19.4 Å². The summed E-state index contributed by atoms with van der Waals surface area (Å²) < 4.78 is 4.94. The molecule has 26 heavy (non-hydrogen) atoms. The van der Waals surface area contributed by atoms with E-state index in [-0.39, 0.29) is 37.0 Å². The molecular formula is C13H19ClN6O6. The van der Waals surface area contributed by atoms with Crippen LogP contribution >= 0.6 is 12.4 Å². The molecule has 0 heterocycles. The number of nitro groups is 2. The number of nitro benzene ring substituents is 2. The highest BCUT2D eigenvalue weighted by atomic mass is 35.5. The maximum absolute atomic E-state index is 11.8. The molecule has 144 valence electrons. The van der Waals surface area contributed by atoms with Gasteiger partial charge in [-0.2, -0.15) is 0 Å². The van der Waals surface area contributed by atoms with Crippen LogP contribution in [0, 0.1) is 20.2 Å². The van der Waals surface area contributed by atoms with Crippen LogP contribution < -0.4 is 17.2 Å². The van der Waals surface area contributed by atoms with E-state index in [0.717, 1.165) is 18.2 Å². The lowest BCUT2D eigenvalue weighted by Crippen LogP contribution is -2.32. The van der Waals surface area contributed by atoms with Crippen LogP contribution in [0.4, 0.5) is 11.4 Å². The van der Waals surface area contributed by atoms with Gasteiger partial charge in [-0.25, -0.2) is 0 Å². The lowest BCUT2D eigenvalue weighted by molar-refractivity contribution is -0.394. The van der Waals surface area contributed by atoms with Crippen molar-refractivity contribution in [1.29, 1.82) is 0 Å². The van der Waals surface area contributed by atoms with Gasteiger partial charge in [0.05, 0.1) is 15.9 Å². The van der Waals surface area contributed by atoms with Crippen LogP contribution in [-0.4, -0.2) is 34.4 Å². The average Bonchev–Trinajstić information content (AvgIpc) is 2.55. The molecular weight excluding hydrogens is 372 g/mol. The second-order valence-electron chi connectivity index (χ2n) is 5.03. The number of esters is 1. The zero-order valence-electron chi connectivity index (χ0n) is 13.6. The summed E-state index contributed by atoms with van der Waals surface area (Å²) in [5.41, 5.74) is 15.1. The van der Waals surface area contributed by atoms with Crippen molar-refractivity contribution in [2.75, 3.05) is 6.54 Å². The van der Waals surface area contributed by atoms with E-state index in [2.05, 4.69) is 4.99 Å². The normalized spacial score (nSPS) is 11.0. The SMILES string of the molecule is Cl.NC(N)=NCCC[C@@H](N)C(=O)OCc1cc([N+](=O)[O-])cc([N+](=O)[O-])c1. The lowest BCUT2D eigenvalue weighted by atomic mass is 10.1. The van der Waals surface area contributed by atoms with Crippen LogP contribution in [0.3, 0.4) is 0 Å². The highest BCUT2D eigenvalue weighted by Gasteiger charge is 2.19. The minimum atomic E-state index is -0.928. The number of non-ortho nitro benzene ring substituents is 2. The van der Waals surface area contributed by atoms with Crippen LogP contribution in [0.25, 0.3) is 0 Å². The Kier molecular flexibility index (Phi) is 9.55. The van der Waals surface area contributed by atoms with Gasteiger partial charge in [-0.15, -0.1) is 12.4 Å². The largest absolute Gasteiger partial charge is 0.460 e. The molecule has 0 spiro atoms. The Morgan fingerprint density at radius 1 is 1.15 bits per heavy atom. The molecule has 0 aliphatic carbocycles. The molecule has 0 saturated carbocycles. The second kappa shape index (κ2) is 10.8. The highest BCUT2D eigenvalue weighted by Crippen LogP contribution is 2.23. The standard InChI is InChI=1S/C13H18N6O6.ClH/c14-11(2-1-3-17-13(15)16)12(20)25-7-8-4-9(18(21)22)6-10(5-8)19(23)24;/h4-6,11H,1-3,7,14H2,(H4,15,16,17);1H/t11-;/m1./s1. The summed E-state index contributed by atoms with van der Waals surface area (Å²) in [6, 6.07) is 2.07. The molecule has 0 fully saturated rings. The predicted molar refractivity (Wildman–Crippen MR) is 94.7 cm³/mol. The van der Waals surface area contributed by atoms with Crippen LogP contribution in [0.15, 0.2) is 23.2 Å². The first kappa shape index (κ1) is 23.0. The molecule has 1 aromatic rings. The molecule has 12 nitrogen and oxygen atoms in total. The van der Waals surface area contributed by atoms with E-state index >= 15 is 0 Å². The van der Waals surface area contributed by atoms with Crippen LogP contribution in [-0.2, 0) is 16.1 Å². The van der Waals surface area contributed by atoms with Crippen molar-refractivity contribution >= 4 is 35.7 Å². The number of guanidine groups is 1. The topological polar surface area (TPSA) is 203 Å². The number of nitrogens with zero attached hydrogens (tertiary/aromatic N) is 3. The third kappa shape index (κ3) is 7.72. The molecule has 0 aliphatic rings. The molecule has 1 rings (SSSR count). The Balaban J connectivity index is 0.00000625. The lowest BCUT2D eigenvalue weighted by Gasteiger charge is -2.11. The number of carbonyl (C=O) groups is 1. The minimum Gasteiger partial charge on any atom is -0.460 e. The third-order valence-electron chi connectivity index (χ3n) is 3.04. The number of hydrogen-bond donors (Lipinski definition) is 3. The fourth-order valence-electron chi connectivity index (χ4n) is 1.85. The number of carbonyl (C=O) groups excluding carboxylic acids is 1. The Morgan fingerprint density at radius 2 is 1.69 bits per heavy atom. The molecule has 0 amide bonds. The zero-order valence-corrected chi connectivity index (χ0v) is 14.4. The van der Waals surface area contributed by atoms with Gasteiger partial charge in [0, 0.05) is 24.2 Å². The number of nitrogens with two attached hydrogens (primary N) is 3. The van der Waals surface area contributed by atoms with Gasteiger partial charge in [-0.1, -0.05) is 0 Å². The fraction of sp³-hybridized carbons (Fsp3) is 0.385. The van der Waals surface area contributed by atoms with E-state index in [1.165, 1.54) is 0 Å². The molecule has 0 radical (unpaired) electrons. The molecule has 0 unspecified atom stereocenters. The average molecular weight is 391 g/mol. The maximum Gasteiger partial charge on any atom is 0.323 e. The number of rotatable bonds is 9. The number of ether oxygens (including phenoxy) is 1. The van der Waals surface area contributed by atoms with E-state index in [1.54, 1.807) is 0 Å². The van der Waals surface area contributed by atoms with Gasteiger partial charge in [0.25, 0.3) is 11.4 Å². The molecule has 0 aliphatic heterocycles. The van der Waals surface area contributed by atoms with Gasteiger partial charge in [0.2, 0.25) is 0 Å². The van der Waals surface area contributed by atoms with E-state index in [9.17, 15) is 25.0 Å². The van der Waals surface area contributed by atoms with Crippen molar-refractivity contribution in [3.05, 3.63) is 44.0 Å². The molecule has 13 heteroatoms. The Morgan fingerprint density at radius 3 is 2.15 bits per heavy atom. The molecule has 0 aromatic heterocycles. The van der Waals surface area contributed by atoms with Crippen molar-refractivity contribution in [2.24, 2.45) is 22.2 Å². The van der Waals surface area contributed by atoms with Crippen molar-refractivity contribution in [1.82, 2.24) is 0 Å². The minimum absolute atomic E-state index is 0. The van der Waals surface area contributed by atoms with Gasteiger partial charge in [-0.05, 0) is 12.8 Å². The van der Waals surface area contributed by atoms with Gasteiger partial charge >= 0.3 is 5.97 Å². The Labute approximate surface area is 154 Å². The van der Waals surface area contributed by atoms with Gasteiger partial charge in [0.1, 0.15) is 12.6 Å². The molecule has 0 saturated heterocycles. The van der Waals surface area contributed by atoms with Gasteiger partial charge in [0.15, 0.2) is 5.96 Å². The summed E-state index contributed by atoms with van der Waals surface area (Å²) >= 11 is 0. The monoisotopic (exact) mass is 390 g/mol. The van der Waals surface area contributed by atoms with E-state index < -0.39 is 33.2 Å². The van der Waals surface area contributed by atoms with E-state index in [1.807, 2.05) is 0 Å². The maximum atomic E-state index is 11.8. The van der Waals surface area contributed by atoms with Gasteiger partial charge in [-0.3, -0.25) is 30.0 Å². The Bertz CT molecular complexity index is 661. The quantitative estimate of drug-likeness (QED) is 0.132. The first-order valence-corrected chi connectivity index (χ1v) is 7.11. The number of benzene rings is 1. The van der Waals surface area contributed by atoms with Crippen LogP contribution in [0.2, 0.25) is 0 Å². The number of hydrogen-bond acceptors (Lipinski definition) is 8. The van der Waals surface area contributed by atoms with Crippen LogP contribution in [0.5, 0.6) is 0 Å². The molecule has 0 bridgehead atoms. The van der Waals surface area contributed by atoms with Crippen LogP contribution in [0.1, 0.15) is 18.4 Å². The summed E-state index contributed by atoms with van der Waals surface area (Å²) in [6.45, 7) is -0.0661. The van der Waals surface area contributed by atoms with Crippen molar-refractivity contribution in [3.63, 3.8) is 0 Å². The summed E-state index contributed by atoms with van der Waals surface area (Å²) in [7, 11) is 0. The number of aliphatic imine (C=N–C) groups is 1. The molecule has 1 aromatic carbocycles. The third-order valence-corrected chi connectivity index (χ3v) is 3.04. The summed E-state index contributed by atoms with van der Waals surface area (Å²) in [4.78, 5) is 35.6. The second-order valence-corrected chi connectivity index (χ2v) is 5.03. The van der Waals surface area contributed by atoms with Crippen molar-refractivity contribution in [3.8, 4) is 0 Å². The summed E-state index contributed by atoms with van der Waals surface area (Å²) in [5, 5.41) is 21.6. The summed E-state index contributed by atoms with van der Waals surface area (Å²) in [6.07, 6.45) is 0.723. The highest BCUT2D eigenvalue weighted by molar-refractivity contribution is 5.85. The van der Waals surface area contributed by atoms with E-state index in [0.29, 0.717) is 13.0 Å². The summed E-state index contributed by atoms with van der Waals surface area (Å²) in [5.74, 6) is -0.803. The Hall–Kier alpha value is -2.99. The molecule has 6 N–H and O–H groups in total. The number of halogens is 1. The first-order valence-electron chi connectivity index (χ1n) is 7.11. The van der Waals surface area contributed by atoms with Gasteiger partial charge < -0.3 is 21.9 Å². The molecule has 1 atom stereocenters.